The van der Waals surface area contributed by atoms with E-state index in [1.165, 1.54) is 32.0 Å². The Hall–Kier alpha value is -0.900. The van der Waals surface area contributed by atoms with Crippen LogP contribution in [-0.4, -0.2) is 26.0 Å². The van der Waals surface area contributed by atoms with Gasteiger partial charge in [0.25, 0.3) is 0 Å². The van der Waals surface area contributed by atoms with E-state index in [1.807, 2.05) is 0 Å². The first kappa shape index (κ1) is 12.2. The molecule has 1 heterocycles. The Bertz CT molecular complexity index is 236. The van der Waals surface area contributed by atoms with E-state index < -0.39 is 0 Å². The number of nitrogens with zero attached hydrogens (tertiary/aromatic N) is 3. The van der Waals surface area contributed by atoms with Crippen LogP contribution in [0.1, 0.15) is 45.4 Å². The van der Waals surface area contributed by atoms with Gasteiger partial charge >= 0.3 is 0 Å². The van der Waals surface area contributed by atoms with Gasteiger partial charge in [0, 0.05) is 0 Å². The monoisotopic (exact) mass is 211 g/mol. The van der Waals surface area contributed by atoms with Gasteiger partial charge in [-0.05, 0) is 6.42 Å². The van der Waals surface area contributed by atoms with Crippen LogP contribution in [0.5, 0.6) is 0 Å². The summed E-state index contributed by atoms with van der Waals surface area (Å²) in [5.41, 5.74) is 0. The molecular formula is C11H21N3O. The van der Waals surface area contributed by atoms with Crippen molar-refractivity contribution in [1.29, 1.82) is 0 Å². The smallest absolute Gasteiger partial charge is 0.137 e. The summed E-state index contributed by atoms with van der Waals surface area (Å²) in [4.78, 5) is 3.84. The predicted octanol–water partition coefficient (Wildman–Crippen LogP) is 2.00. The highest BCUT2D eigenvalue weighted by Gasteiger charge is 2.04. The summed E-state index contributed by atoms with van der Waals surface area (Å²) in [7, 11) is 0. The number of rotatable bonds is 8. The van der Waals surface area contributed by atoms with Gasteiger partial charge in [-0.25, -0.2) is 4.98 Å². The minimum atomic E-state index is -0.284. The molecule has 0 aliphatic carbocycles. The van der Waals surface area contributed by atoms with Crippen molar-refractivity contribution >= 4 is 0 Å². The van der Waals surface area contributed by atoms with Gasteiger partial charge in [-0.3, -0.25) is 4.68 Å². The van der Waals surface area contributed by atoms with Crippen LogP contribution in [0.4, 0.5) is 0 Å². The molecule has 0 aromatic carbocycles. The Morgan fingerprint density at radius 2 is 2.07 bits per heavy atom. The minimum absolute atomic E-state index is 0.284. The summed E-state index contributed by atoms with van der Waals surface area (Å²) in [6, 6.07) is 0. The number of aliphatic hydroxyl groups is 1. The third kappa shape index (κ3) is 5.52. The lowest BCUT2D eigenvalue weighted by Gasteiger charge is -2.09. The van der Waals surface area contributed by atoms with Crippen LogP contribution in [0.2, 0.25) is 0 Å². The average Bonchev–Trinajstić information content (AvgIpc) is 2.70. The normalized spacial score (nSPS) is 12.9. The Morgan fingerprint density at radius 1 is 1.27 bits per heavy atom. The molecule has 15 heavy (non-hydrogen) atoms. The van der Waals surface area contributed by atoms with Gasteiger partial charge in [0.2, 0.25) is 0 Å². The summed E-state index contributed by atoms with van der Waals surface area (Å²) in [5, 5.41) is 13.6. The lowest BCUT2D eigenvalue weighted by molar-refractivity contribution is 0.136. The molecule has 0 bridgehead atoms. The van der Waals surface area contributed by atoms with E-state index in [0.29, 0.717) is 6.54 Å². The SMILES string of the molecule is CCCCCCCC(O)Cn1cncn1. The van der Waals surface area contributed by atoms with Gasteiger partial charge in [-0.2, -0.15) is 5.10 Å². The third-order valence-corrected chi connectivity index (χ3v) is 2.51. The van der Waals surface area contributed by atoms with Gasteiger partial charge in [0.15, 0.2) is 0 Å². The van der Waals surface area contributed by atoms with Crippen molar-refractivity contribution in [2.75, 3.05) is 0 Å². The Morgan fingerprint density at radius 3 is 2.73 bits per heavy atom. The zero-order valence-corrected chi connectivity index (χ0v) is 9.47. The van der Waals surface area contributed by atoms with E-state index in [2.05, 4.69) is 17.0 Å². The van der Waals surface area contributed by atoms with E-state index in [-0.39, 0.29) is 6.10 Å². The lowest BCUT2D eigenvalue weighted by Crippen LogP contribution is -2.16. The molecule has 1 N–H and O–H groups in total. The van der Waals surface area contributed by atoms with E-state index in [0.717, 1.165) is 12.8 Å². The largest absolute Gasteiger partial charge is 0.391 e. The molecule has 0 aliphatic rings. The molecule has 0 aliphatic heterocycles. The number of aliphatic hydroxyl groups excluding tert-OH is 1. The highest BCUT2D eigenvalue weighted by molar-refractivity contribution is 4.61. The summed E-state index contributed by atoms with van der Waals surface area (Å²) >= 11 is 0. The molecule has 86 valence electrons. The fourth-order valence-corrected chi connectivity index (χ4v) is 1.62. The van der Waals surface area contributed by atoms with Crippen molar-refractivity contribution in [3.8, 4) is 0 Å². The first-order valence-corrected chi connectivity index (χ1v) is 5.83. The zero-order chi connectivity index (χ0) is 10.9. The lowest BCUT2D eigenvalue weighted by atomic mass is 10.1. The summed E-state index contributed by atoms with van der Waals surface area (Å²) in [6.45, 7) is 2.77. The molecule has 0 spiro atoms. The van der Waals surface area contributed by atoms with Crippen LogP contribution < -0.4 is 0 Å². The van der Waals surface area contributed by atoms with Gasteiger partial charge in [0.05, 0.1) is 12.6 Å². The summed E-state index contributed by atoms with van der Waals surface area (Å²) < 4.78 is 1.68. The third-order valence-electron chi connectivity index (χ3n) is 2.51. The molecule has 1 unspecified atom stereocenters. The van der Waals surface area contributed by atoms with Crippen LogP contribution in [0, 0.1) is 0 Å². The van der Waals surface area contributed by atoms with Crippen molar-refractivity contribution in [1.82, 2.24) is 14.8 Å². The number of hydrogen-bond acceptors (Lipinski definition) is 3. The van der Waals surface area contributed by atoms with Crippen LogP contribution in [-0.2, 0) is 6.54 Å². The quantitative estimate of drug-likeness (QED) is 0.669. The maximum absolute atomic E-state index is 9.69. The van der Waals surface area contributed by atoms with Gasteiger partial charge in [-0.1, -0.05) is 39.0 Å². The van der Waals surface area contributed by atoms with Crippen LogP contribution in [0.25, 0.3) is 0 Å². The standard InChI is InChI=1S/C11H21N3O/c1-2-3-4-5-6-7-11(15)8-14-10-12-9-13-14/h9-11,15H,2-8H2,1H3. The predicted molar refractivity (Wildman–Crippen MR) is 59.4 cm³/mol. The highest BCUT2D eigenvalue weighted by Crippen LogP contribution is 2.08. The fourth-order valence-electron chi connectivity index (χ4n) is 1.62. The Balaban J connectivity index is 2.01. The van der Waals surface area contributed by atoms with Gasteiger partial charge < -0.3 is 5.11 Å². The fraction of sp³-hybridized carbons (Fsp3) is 0.818. The highest BCUT2D eigenvalue weighted by atomic mass is 16.3. The van der Waals surface area contributed by atoms with E-state index >= 15 is 0 Å². The molecule has 0 saturated heterocycles. The van der Waals surface area contributed by atoms with E-state index in [1.54, 1.807) is 11.0 Å². The minimum Gasteiger partial charge on any atom is -0.391 e. The van der Waals surface area contributed by atoms with Crippen molar-refractivity contribution in [2.24, 2.45) is 0 Å². The average molecular weight is 211 g/mol. The molecule has 0 amide bonds. The molecule has 4 heteroatoms. The maximum Gasteiger partial charge on any atom is 0.137 e. The summed E-state index contributed by atoms with van der Waals surface area (Å²) in [6.07, 6.45) is 9.90. The van der Waals surface area contributed by atoms with Crippen LogP contribution in [0.3, 0.4) is 0 Å². The molecule has 0 fully saturated rings. The van der Waals surface area contributed by atoms with Crippen LogP contribution >= 0.6 is 0 Å². The second-order valence-electron chi connectivity index (χ2n) is 3.97. The molecular weight excluding hydrogens is 190 g/mol. The van der Waals surface area contributed by atoms with E-state index in [4.69, 9.17) is 0 Å². The number of hydrogen-bond donors (Lipinski definition) is 1. The summed E-state index contributed by atoms with van der Waals surface area (Å²) in [5.74, 6) is 0. The van der Waals surface area contributed by atoms with Gasteiger partial charge in [0.1, 0.15) is 12.7 Å². The number of unbranched alkanes of at least 4 members (excludes halogenated alkanes) is 4. The molecule has 1 rings (SSSR count). The first-order chi connectivity index (χ1) is 7.33. The van der Waals surface area contributed by atoms with E-state index in [9.17, 15) is 5.11 Å². The van der Waals surface area contributed by atoms with Crippen molar-refractivity contribution in [3.05, 3.63) is 12.7 Å². The molecule has 0 radical (unpaired) electrons. The second kappa shape index (κ2) is 7.40. The van der Waals surface area contributed by atoms with Gasteiger partial charge in [-0.15, -0.1) is 0 Å². The zero-order valence-electron chi connectivity index (χ0n) is 9.47. The van der Waals surface area contributed by atoms with Crippen molar-refractivity contribution in [2.45, 2.75) is 58.1 Å². The first-order valence-electron chi connectivity index (χ1n) is 5.83. The molecule has 1 atom stereocenters. The topological polar surface area (TPSA) is 50.9 Å². The maximum atomic E-state index is 9.69. The Kier molecular flexibility index (Phi) is 6.00. The Labute approximate surface area is 91.3 Å². The van der Waals surface area contributed by atoms with Crippen molar-refractivity contribution in [3.63, 3.8) is 0 Å². The molecule has 1 aromatic heterocycles. The van der Waals surface area contributed by atoms with Crippen molar-refractivity contribution < 1.29 is 5.11 Å². The van der Waals surface area contributed by atoms with Crippen LogP contribution in [0.15, 0.2) is 12.7 Å². The molecule has 1 aromatic rings. The second-order valence-corrected chi connectivity index (χ2v) is 3.97. The molecule has 4 nitrogen and oxygen atoms in total. The molecule has 0 saturated carbocycles. The number of aromatic nitrogens is 3.